The number of carbonyl (C=O) groups is 1. The summed E-state index contributed by atoms with van der Waals surface area (Å²) in [7, 11) is -3.98. The molecule has 0 radical (unpaired) electrons. The van der Waals surface area contributed by atoms with Crippen LogP contribution in [0.1, 0.15) is 47.1 Å². The average molecular weight is 396 g/mol. The van der Waals surface area contributed by atoms with E-state index in [1.807, 2.05) is 18.2 Å². The molecule has 0 aliphatic heterocycles. The molecule has 0 heterocycles. The van der Waals surface area contributed by atoms with Crippen molar-refractivity contribution in [2.75, 3.05) is 0 Å². The highest BCUT2D eigenvalue weighted by molar-refractivity contribution is 6.75. The zero-order chi connectivity index (χ0) is 20.4. The molecule has 6 heteroatoms. The van der Waals surface area contributed by atoms with Crippen LogP contribution in [-0.2, 0) is 11.3 Å². The summed E-state index contributed by atoms with van der Waals surface area (Å²) in [6.07, 6.45) is 0.717. The fourth-order valence-electron chi connectivity index (χ4n) is 1.84. The van der Waals surface area contributed by atoms with E-state index in [2.05, 4.69) is 73.0 Å². The first-order valence-corrected chi connectivity index (χ1v) is 15.1. The number of amides is 1. The lowest BCUT2D eigenvalue weighted by atomic mass is 10.2. The van der Waals surface area contributed by atoms with Gasteiger partial charge < -0.3 is 14.2 Å². The minimum absolute atomic E-state index is 0.0955. The molecule has 1 aromatic rings. The summed E-state index contributed by atoms with van der Waals surface area (Å²) in [4.78, 5) is 10.6. The van der Waals surface area contributed by atoms with Gasteiger partial charge in [-0.05, 0) is 54.0 Å². The van der Waals surface area contributed by atoms with E-state index in [-0.39, 0.29) is 10.1 Å². The van der Waals surface area contributed by atoms with Gasteiger partial charge in [0.2, 0.25) is 6.41 Å². The van der Waals surface area contributed by atoms with Gasteiger partial charge in [-0.15, -0.1) is 0 Å². The number of benzene rings is 1. The van der Waals surface area contributed by atoms with Crippen molar-refractivity contribution in [2.45, 2.75) is 84.4 Å². The highest BCUT2D eigenvalue weighted by Gasteiger charge is 2.42. The number of rotatable bonds is 7. The zero-order valence-electron chi connectivity index (χ0n) is 18.2. The Balaban J connectivity index is 3.30. The molecule has 0 atom stereocenters. The first-order chi connectivity index (χ1) is 11.6. The Bertz CT molecular complexity index is 629. The first kappa shape index (κ1) is 22.8. The van der Waals surface area contributed by atoms with Crippen molar-refractivity contribution in [1.29, 1.82) is 0 Å². The molecule has 0 aromatic heterocycles. The van der Waals surface area contributed by atoms with Crippen molar-refractivity contribution in [2.24, 2.45) is 0 Å². The summed E-state index contributed by atoms with van der Waals surface area (Å²) in [6.45, 7) is 22.8. The SMILES string of the molecule is CC(C)(C)[Si](C)(C)Oc1ccc(CNC=O)cc1O[Si](C)(C)C(C)(C)C. The Hall–Kier alpha value is -1.28. The molecule has 1 amide bonds. The largest absolute Gasteiger partial charge is 0.541 e. The summed E-state index contributed by atoms with van der Waals surface area (Å²) < 4.78 is 13.2. The minimum Gasteiger partial charge on any atom is -0.541 e. The maximum atomic E-state index is 10.6. The van der Waals surface area contributed by atoms with Crippen LogP contribution in [0.15, 0.2) is 18.2 Å². The van der Waals surface area contributed by atoms with Crippen LogP contribution < -0.4 is 14.2 Å². The molecule has 0 bridgehead atoms. The highest BCUT2D eigenvalue weighted by Crippen LogP contribution is 2.43. The Morgan fingerprint density at radius 2 is 1.35 bits per heavy atom. The quantitative estimate of drug-likeness (QED) is 0.476. The normalized spacial score (nSPS) is 13.3. The van der Waals surface area contributed by atoms with E-state index < -0.39 is 16.6 Å². The average Bonchev–Trinajstić information content (AvgIpc) is 2.44. The van der Waals surface area contributed by atoms with Crippen LogP contribution in [-0.4, -0.2) is 23.0 Å². The minimum atomic E-state index is -2.01. The number of hydrogen-bond acceptors (Lipinski definition) is 3. The van der Waals surface area contributed by atoms with Crippen LogP contribution in [0.4, 0.5) is 0 Å². The van der Waals surface area contributed by atoms with Gasteiger partial charge in [0.1, 0.15) is 11.5 Å². The molecule has 148 valence electrons. The first-order valence-electron chi connectivity index (χ1n) is 9.29. The van der Waals surface area contributed by atoms with Crippen LogP contribution in [0.2, 0.25) is 36.3 Å². The van der Waals surface area contributed by atoms with Gasteiger partial charge in [0.25, 0.3) is 16.6 Å². The molecule has 1 rings (SSSR count). The van der Waals surface area contributed by atoms with Gasteiger partial charge in [0.05, 0.1) is 0 Å². The molecule has 0 aliphatic carbocycles. The lowest BCUT2D eigenvalue weighted by Crippen LogP contribution is -2.45. The molecule has 0 saturated heterocycles. The van der Waals surface area contributed by atoms with E-state index in [0.29, 0.717) is 13.0 Å². The van der Waals surface area contributed by atoms with Crippen LogP contribution in [0.3, 0.4) is 0 Å². The predicted octanol–water partition coefficient (Wildman–Crippen LogP) is 5.70. The third kappa shape index (κ3) is 5.61. The standard InChI is InChI=1S/C20H37NO3Si2/c1-19(2,3)25(7,8)23-17-12-11-16(14-21-15-22)13-18(17)24-26(9,10)20(4,5)6/h11-13,15H,14H2,1-10H3,(H,21,22). The summed E-state index contributed by atoms with van der Waals surface area (Å²) in [6, 6.07) is 6.00. The van der Waals surface area contributed by atoms with Crippen molar-refractivity contribution in [3.05, 3.63) is 23.8 Å². The second-order valence-corrected chi connectivity index (χ2v) is 19.5. The van der Waals surface area contributed by atoms with Gasteiger partial charge in [0.15, 0.2) is 0 Å². The van der Waals surface area contributed by atoms with Crippen molar-refractivity contribution in [1.82, 2.24) is 5.32 Å². The zero-order valence-corrected chi connectivity index (χ0v) is 20.2. The van der Waals surface area contributed by atoms with E-state index in [9.17, 15) is 4.79 Å². The monoisotopic (exact) mass is 395 g/mol. The molecular formula is C20H37NO3Si2. The molecule has 0 spiro atoms. The summed E-state index contributed by atoms with van der Waals surface area (Å²) >= 11 is 0. The van der Waals surface area contributed by atoms with Crippen molar-refractivity contribution in [3.8, 4) is 11.5 Å². The predicted molar refractivity (Wildman–Crippen MR) is 115 cm³/mol. The molecule has 1 N–H and O–H groups in total. The Kier molecular flexibility index (Phi) is 6.80. The lowest BCUT2D eigenvalue weighted by Gasteiger charge is -2.39. The van der Waals surface area contributed by atoms with Crippen molar-refractivity contribution >= 4 is 23.0 Å². The number of nitrogens with one attached hydrogen (secondary N) is 1. The van der Waals surface area contributed by atoms with Crippen LogP contribution in [0, 0.1) is 0 Å². The Labute approximate surface area is 161 Å². The fraction of sp³-hybridized carbons (Fsp3) is 0.650. The van der Waals surface area contributed by atoms with E-state index in [1.165, 1.54) is 0 Å². The maximum Gasteiger partial charge on any atom is 0.250 e. The maximum absolute atomic E-state index is 10.6. The molecule has 0 aliphatic rings. The van der Waals surface area contributed by atoms with Crippen LogP contribution in [0.5, 0.6) is 11.5 Å². The summed E-state index contributed by atoms with van der Waals surface area (Å²) in [5, 5.41) is 2.93. The Morgan fingerprint density at radius 3 is 1.77 bits per heavy atom. The van der Waals surface area contributed by atoms with Gasteiger partial charge in [0, 0.05) is 6.54 Å². The third-order valence-electron chi connectivity index (χ3n) is 5.74. The van der Waals surface area contributed by atoms with Gasteiger partial charge in [-0.1, -0.05) is 47.6 Å². The second-order valence-electron chi connectivity index (χ2n) is 10.0. The van der Waals surface area contributed by atoms with Gasteiger partial charge in [-0.25, -0.2) is 0 Å². The number of hydrogen-bond donors (Lipinski definition) is 1. The molecule has 4 nitrogen and oxygen atoms in total. The van der Waals surface area contributed by atoms with E-state index in [0.717, 1.165) is 17.1 Å². The summed E-state index contributed by atoms with van der Waals surface area (Å²) in [5.41, 5.74) is 1.01. The molecular weight excluding hydrogens is 358 g/mol. The topological polar surface area (TPSA) is 47.6 Å². The third-order valence-corrected chi connectivity index (χ3v) is 14.4. The van der Waals surface area contributed by atoms with Crippen molar-refractivity contribution in [3.63, 3.8) is 0 Å². The smallest absolute Gasteiger partial charge is 0.250 e. The van der Waals surface area contributed by atoms with Gasteiger partial charge in [-0.2, -0.15) is 0 Å². The molecule has 0 fully saturated rings. The molecule has 26 heavy (non-hydrogen) atoms. The fourth-order valence-corrected chi connectivity index (χ4v) is 3.88. The van der Waals surface area contributed by atoms with Gasteiger partial charge in [-0.3, -0.25) is 4.79 Å². The molecule has 0 unspecified atom stereocenters. The van der Waals surface area contributed by atoms with Crippen molar-refractivity contribution < 1.29 is 13.6 Å². The second kappa shape index (κ2) is 7.76. The Morgan fingerprint density at radius 1 is 0.885 bits per heavy atom. The molecule has 1 aromatic carbocycles. The van der Waals surface area contributed by atoms with Crippen LogP contribution in [0.25, 0.3) is 0 Å². The molecule has 0 saturated carbocycles. The van der Waals surface area contributed by atoms with Crippen LogP contribution >= 0.6 is 0 Å². The lowest BCUT2D eigenvalue weighted by molar-refractivity contribution is -0.109. The van der Waals surface area contributed by atoms with E-state index in [4.69, 9.17) is 8.85 Å². The highest BCUT2D eigenvalue weighted by atomic mass is 28.4. The number of carbonyl (C=O) groups excluding carboxylic acids is 1. The van der Waals surface area contributed by atoms with Gasteiger partial charge >= 0.3 is 0 Å². The van der Waals surface area contributed by atoms with E-state index >= 15 is 0 Å². The van der Waals surface area contributed by atoms with E-state index in [1.54, 1.807) is 0 Å². The summed E-state index contributed by atoms with van der Waals surface area (Å²) in [5.74, 6) is 1.61.